The van der Waals surface area contributed by atoms with Crippen LogP contribution in [0.3, 0.4) is 0 Å². The molecule has 0 saturated heterocycles. The molecule has 2 aromatic rings. The average molecular weight is 324 g/mol. The van der Waals surface area contributed by atoms with Crippen LogP contribution in [-0.2, 0) is 0 Å². The summed E-state index contributed by atoms with van der Waals surface area (Å²) in [6.07, 6.45) is 2.39. The molecule has 1 aromatic carbocycles. The van der Waals surface area contributed by atoms with Crippen molar-refractivity contribution in [2.45, 2.75) is 27.2 Å². The Morgan fingerprint density at radius 1 is 1.33 bits per heavy atom. The Bertz CT molecular complexity index is 786. The molecule has 24 heavy (non-hydrogen) atoms. The second-order valence-electron chi connectivity index (χ2n) is 6.69. The van der Waals surface area contributed by atoms with Crippen LogP contribution in [0, 0.1) is 16.7 Å². The van der Waals surface area contributed by atoms with Crippen LogP contribution in [-0.4, -0.2) is 22.7 Å². The standard InChI is InChI=1S/C19H20N2O3/c1-19(2,3)8-10-24-16-7-6-13(11-14(16)12-20)17-15(18(22)23)5-4-9-21-17/h4-7,9,11H,8,10H2,1-3H3,(H,22,23). The lowest BCUT2D eigenvalue weighted by atomic mass is 9.93. The van der Waals surface area contributed by atoms with Crippen LogP contribution in [0.15, 0.2) is 36.5 Å². The van der Waals surface area contributed by atoms with E-state index in [1.54, 1.807) is 24.3 Å². The molecule has 0 aliphatic rings. The van der Waals surface area contributed by atoms with Crippen molar-refractivity contribution >= 4 is 5.97 Å². The van der Waals surface area contributed by atoms with Gasteiger partial charge in [0.15, 0.2) is 0 Å². The summed E-state index contributed by atoms with van der Waals surface area (Å²) in [4.78, 5) is 15.5. The molecule has 0 unspecified atom stereocenters. The number of carbonyl (C=O) groups is 1. The number of benzene rings is 1. The normalized spacial score (nSPS) is 10.9. The van der Waals surface area contributed by atoms with Crippen LogP contribution in [0.4, 0.5) is 0 Å². The van der Waals surface area contributed by atoms with Gasteiger partial charge in [-0.2, -0.15) is 5.26 Å². The number of hydrogen-bond donors (Lipinski definition) is 1. The number of carboxylic acids is 1. The first-order chi connectivity index (χ1) is 11.3. The van der Waals surface area contributed by atoms with Gasteiger partial charge >= 0.3 is 5.97 Å². The number of ether oxygens (including phenoxy) is 1. The molecule has 5 nitrogen and oxygen atoms in total. The Balaban J connectivity index is 2.30. The first-order valence-corrected chi connectivity index (χ1v) is 7.67. The third kappa shape index (κ3) is 4.32. The molecule has 1 N–H and O–H groups in total. The maximum Gasteiger partial charge on any atom is 0.337 e. The number of rotatable bonds is 5. The predicted octanol–water partition coefficient (Wildman–Crippen LogP) is 4.13. The number of nitrogens with zero attached hydrogens (tertiary/aromatic N) is 2. The van der Waals surface area contributed by atoms with Gasteiger partial charge in [-0.05, 0) is 42.2 Å². The average Bonchev–Trinajstić information content (AvgIpc) is 2.54. The van der Waals surface area contributed by atoms with Crippen molar-refractivity contribution in [3.8, 4) is 23.1 Å². The fourth-order valence-corrected chi connectivity index (χ4v) is 2.17. The third-order valence-corrected chi connectivity index (χ3v) is 3.52. The van der Waals surface area contributed by atoms with Crippen LogP contribution < -0.4 is 4.74 Å². The highest BCUT2D eigenvalue weighted by atomic mass is 16.5. The largest absolute Gasteiger partial charge is 0.492 e. The molecule has 0 saturated carbocycles. The van der Waals surface area contributed by atoms with Gasteiger partial charge in [0.1, 0.15) is 11.8 Å². The van der Waals surface area contributed by atoms with Crippen LogP contribution in [0.5, 0.6) is 5.75 Å². The summed E-state index contributed by atoms with van der Waals surface area (Å²) in [7, 11) is 0. The molecule has 0 radical (unpaired) electrons. The van der Waals surface area contributed by atoms with Crippen molar-refractivity contribution < 1.29 is 14.6 Å². The molecule has 5 heteroatoms. The number of carboxylic acid groups (broad SMARTS) is 1. The lowest BCUT2D eigenvalue weighted by molar-refractivity contribution is 0.0697. The monoisotopic (exact) mass is 324 g/mol. The van der Waals surface area contributed by atoms with E-state index in [0.717, 1.165) is 6.42 Å². The van der Waals surface area contributed by atoms with E-state index in [9.17, 15) is 15.2 Å². The van der Waals surface area contributed by atoms with Gasteiger partial charge in [-0.15, -0.1) is 0 Å². The summed E-state index contributed by atoms with van der Waals surface area (Å²) >= 11 is 0. The third-order valence-electron chi connectivity index (χ3n) is 3.52. The van der Waals surface area contributed by atoms with Gasteiger partial charge in [-0.1, -0.05) is 20.8 Å². The van der Waals surface area contributed by atoms with E-state index in [-0.39, 0.29) is 11.0 Å². The quantitative estimate of drug-likeness (QED) is 0.894. The van der Waals surface area contributed by atoms with Crippen molar-refractivity contribution in [2.24, 2.45) is 5.41 Å². The highest BCUT2D eigenvalue weighted by Gasteiger charge is 2.15. The highest BCUT2D eigenvalue weighted by molar-refractivity contribution is 5.94. The van der Waals surface area contributed by atoms with Gasteiger partial charge in [-0.25, -0.2) is 4.79 Å². The van der Waals surface area contributed by atoms with Crippen LogP contribution in [0.25, 0.3) is 11.3 Å². The van der Waals surface area contributed by atoms with Gasteiger partial charge < -0.3 is 9.84 Å². The van der Waals surface area contributed by atoms with Crippen molar-refractivity contribution in [3.05, 3.63) is 47.7 Å². The first kappa shape index (κ1) is 17.5. The molecular weight excluding hydrogens is 304 g/mol. The number of hydrogen-bond acceptors (Lipinski definition) is 4. The maximum atomic E-state index is 11.3. The molecule has 2 rings (SSSR count). The van der Waals surface area contributed by atoms with Gasteiger partial charge in [-0.3, -0.25) is 4.98 Å². The highest BCUT2D eigenvalue weighted by Crippen LogP contribution is 2.28. The lowest BCUT2D eigenvalue weighted by Crippen LogP contribution is -2.11. The van der Waals surface area contributed by atoms with E-state index in [2.05, 4.69) is 31.8 Å². The number of aromatic carboxylic acids is 1. The van der Waals surface area contributed by atoms with Gasteiger partial charge in [0.05, 0.1) is 23.4 Å². The Labute approximate surface area is 141 Å². The first-order valence-electron chi connectivity index (χ1n) is 7.67. The zero-order valence-corrected chi connectivity index (χ0v) is 14.0. The zero-order valence-electron chi connectivity index (χ0n) is 14.0. The molecule has 0 fully saturated rings. The van der Waals surface area contributed by atoms with E-state index in [1.165, 1.54) is 12.3 Å². The second kappa shape index (κ2) is 7.14. The molecule has 0 aliphatic heterocycles. The van der Waals surface area contributed by atoms with Crippen molar-refractivity contribution in [3.63, 3.8) is 0 Å². The summed E-state index contributed by atoms with van der Waals surface area (Å²) in [5, 5.41) is 18.6. The molecular formula is C19H20N2O3. The van der Waals surface area contributed by atoms with Crippen LogP contribution >= 0.6 is 0 Å². The number of pyridine rings is 1. The second-order valence-corrected chi connectivity index (χ2v) is 6.69. The lowest BCUT2D eigenvalue weighted by Gasteiger charge is -2.18. The van der Waals surface area contributed by atoms with E-state index < -0.39 is 5.97 Å². The molecule has 124 valence electrons. The summed E-state index contributed by atoms with van der Waals surface area (Å²) < 4.78 is 5.71. The molecule has 0 bridgehead atoms. The Kier molecular flexibility index (Phi) is 5.20. The molecule has 1 aromatic heterocycles. The smallest absolute Gasteiger partial charge is 0.337 e. The Morgan fingerprint density at radius 2 is 2.08 bits per heavy atom. The van der Waals surface area contributed by atoms with E-state index in [0.29, 0.717) is 29.2 Å². The summed E-state index contributed by atoms with van der Waals surface area (Å²) in [6.45, 7) is 6.89. The van der Waals surface area contributed by atoms with Crippen molar-refractivity contribution in [1.82, 2.24) is 4.98 Å². The summed E-state index contributed by atoms with van der Waals surface area (Å²) in [5.41, 5.74) is 1.53. The van der Waals surface area contributed by atoms with E-state index in [4.69, 9.17) is 4.74 Å². The summed E-state index contributed by atoms with van der Waals surface area (Å²) in [6, 6.07) is 10.2. The van der Waals surface area contributed by atoms with Crippen LogP contribution in [0.2, 0.25) is 0 Å². The zero-order chi connectivity index (χ0) is 17.7. The molecule has 0 aliphatic carbocycles. The molecule has 0 spiro atoms. The Hall–Kier alpha value is -2.87. The van der Waals surface area contributed by atoms with Gasteiger partial charge in [0, 0.05) is 11.8 Å². The minimum Gasteiger partial charge on any atom is -0.492 e. The summed E-state index contributed by atoms with van der Waals surface area (Å²) in [5.74, 6) is -0.555. The van der Waals surface area contributed by atoms with Crippen molar-refractivity contribution in [1.29, 1.82) is 5.26 Å². The Morgan fingerprint density at radius 3 is 2.71 bits per heavy atom. The molecule has 0 amide bonds. The van der Waals surface area contributed by atoms with E-state index in [1.807, 2.05) is 0 Å². The number of aromatic nitrogens is 1. The molecule has 0 atom stereocenters. The van der Waals surface area contributed by atoms with E-state index >= 15 is 0 Å². The van der Waals surface area contributed by atoms with Crippen LogP contribution in [0.1, 0.15) is 43.1 Å². The minimum absolute atomic E-state index is 0.0998. The molecule has 1 heterocycles. The predicted molar refractivity (Wildman–Crippen MR) is 90.9 cm³/mol. The number of nitriles is 1. The SMILES string of the molecule is CC(C)(C)CCOc1ccc(-c2ncccc2C(=O)O)cc1C#N. The van der Waals surface area contributed by atoms with Gasteiger partial charge in [0.25, 0.3) is 0 Å². The van der Waals surface area contributed by atoms with Gasteiger partial charge in [0.2, 0.25) is 0 Å². The maximum absolute atomic E-state index is 11.3. The topological polar surface area (TPSA) is 83.2 Å². The fraction of sp³-hybridized carbons (Fsp3) is 0.316. The fourth-order valence-electron chi connectivity index (χ4n) is 2.17. The minimum atomic E-state index is -1.05. The van der Waals surface area contributed by atoms with Crippen molar-refractivity contribution in [2.75, 3.05) is 6.61 Å².